The first kappa shape index (κ1) is 10.5. The second kappa shape index (κ2) is 4.63. The summed E-state index contributed by atoms with van der Waals surface area (Å²) in [6.07, 6.45) is -0.598. The predicted molar refractivity (Wildman–Crippen MR) is 54.9 cm³/mol. The Balaban J connectivity index is 3.00. The van der Waals surface area contributed by atoms with Crippen LogP contribution in [0.3, 0.4) is 0 Å². The average molecular weight is 255 g/mol. The SMILES string of the molecule is COC(=O)Nc1cc(Br)ccc1C#N. The predicted octanol–water partition coefficient (Wildman–Crippen LogP) is 2.50. The number of carbonyl (C=O) groups excluding carboxylic acids is 1. The molecule has 0 saturated heterocycles. The number of methoxy groups -OCH3 is 1. The molecule has 0 atom stereocenters. The van der Waals surface area contributed by atoms with Gasteiger partial charge in [-0.25, -0.2) is 4.79 Å². The summed E-state index contributed by atoms with van der Waals surface area (Å²) in [5, 5.41) is 11.2. The van der Waals surface area contributed by atoms with Gasteiger partial charge in [0.05, 0.1) is 18.4 Å². The fraction of sp³-hybridized carbons (Fsp3) is 0.111. The van der Waals surface area contributed by atoms with Gasteiger partial charge in [-0.05, 0) is 18.2 Å². The molecule has 0 saturated carbocycles. The van der Waals surface area contributed by atoms with E-state index in [-0.39, 0.29) is 0 Å². The molecule has 72 valence electrons. The third-order valence-electron chi connectivity index (χ3n) is 1.52. The van der Waals surface area contributed by atoms with E-state index in [1.165, 1.54) is 7.11 Å². The Bertz CT molecular complexity index is 398. The number of benzene rings is 1. The summed E-state index contributed by atoms with van der Waals surface area (Å²) in [6, 6.07) is 6.93. The number of ether oxygens (including phenoxy) is 1. The summed E-state index contributed by atoms with van der Waals surface area (Å²) in [6.45, 7) is 0. The summed E-state index contributed by atoms with van der Waals surface area (Å²) in [7, 11) is 1.26. The molecule has 0 fully saturated rings. The monoisotopic (exact) mass is 254 g/mol. The molecular weight excluding hydrogens is 248 g/mol. The van der Waals surface area contributed by atoms with Gasteiger partial charge >= 0.3 is 6.09 Å². The van der Waals surface area contributed by atoms with Gasteiger partial charge in [0.15, 0.2) is 0 Å². The van der Waals surface area contributed by atoms with E-state index < -0.39 is 6.09 Å². The Labute approximate surface area is 89.6 Å². The van der Waals surface area contributed by atoms with Crippen LogP contribution in [0, 0.1) is 11.3 Å². The maximum atomic E-state index is 10.9. The zero-order valence-corrected chi connectivity index (χ0v) is 8.96. The van der Waals surface area contributed by atoms with Gasteiger partial charge in [-0.15, -0.1) is 0 Å². The molecule has 1 aromatic rings. The van der Waals surface area contributed by atoms with E-state index in [0.29, 0.717) is 11.3 Å². The summed E-state index contributed by atoms with van der Waals surface area (Å²) in [4.78, 5) is 10.9. The summed E-state index contributed by atoms with van der Waals surface area (Å²) >= 11 is 3.24. The van der Waals surface area contributed by atoms with Crippen molar-refractivity contribution in [1.29, 1.82) is 5.26 Å². The van der Waals surface area contributed by atoms with E-state index in [9.17, 15) is 4.79 Å². The van der Waals surface area contributed by atoms with Gasteiger partial charge in [0, 0.05) is 4.47 Å². The number of nitrogens with one attached hydrogen (secondary N) is 1. The highest BCUT2D eigenvalue weighted by Gasteiger charge is 2.06. The van der Waals surface area contributed by atoms with Crippen molar-refractivity contribution in [3.63, 3.8) is 0 Å². The second-order valence-electron chi connectivity index (χ2n) is 2.42. The topological polar surface area (TPSA) is 62.1 Å². The van der Waals surface area contributed by atoms with Crippen molar-refractivity contribution in [2.75, 3.05) is 12.4 Å². The van der Waals surface area contributed by atoms with Crippen LogP contribution in [0.4, 0.5) is 10.5 Å². The average Bonchev–Trinajstić information content (AvgIpc) is 2.18. The first-order valence-corrected chi connectivity index (χ1v) is 4.51. The fourth-order valence-corrected chi connectivity index (χ4v) is 1.24. The van der Waals surface area contributed by atoms with Crippen LogP contribution in [0.15, 0.2) is 22.7 Å². The minimum absolute atomic E-state index is 0.388. The van der Waals surface area contributed by atoms with Crippen molar-refractivity contribution in [2.45, 2.75) is 0 Å². The molecule has 4 nitrogen and oxygen atoms in total. The zero-order valence-electron chi connectivity index (χ0n) is 7.37. The number of amides is 1. The van der Waals surface area contributed by atoms with Gasteiger partial charge in [-0.2, -0.15) is 5.26 Å². The number of nitriles is 1. The molecule has 0 aromatic heterocycles. The molecule has 0 spiro atoms. The molecule has 1 amide bonds. The quantitative estimate of drug-likeness (QED) is 0.838. The van der Waals surface area contributed by atoms with E-state index in [4.69, 9.17) is 5.26 Å². The van der Waals surface area contributed by atoms with Crippen molar-refractivity contribution >= 4 is 27.7 Å². The molecule has 1 N–H and O–H groups in total. The molecule has 0 aliphatic rings. The molecule has 1 aromatic carbocycles. The van der Waals surface area contributed by atoms with Crippen LogP contribution in [0.2, 0.25) is 0 Å². The molecule has 5 heteroatoms. The van der Waals surface area contributed by atoms with Crippen molar-refractivity contribution in [3.05, 3.63) is 28.2 Å². The van der Waals surface area contributed by atoms with Crippen LogP contribution < -0.4 is 5.32 Å². The molecule has 0 aliphatic heterocycles. The van der Waals surface area contributed by atoms with Crippen molar-refractivity contribution in [1.82, 2.24) is 0 Å². The van der Waals surface area contributed by atoms with Gasteiger partial charge in [-0.1, -0.05) is 15.9 Å². The summed E-state index contributed by atoms with van der Waals surface area (Å²) < 4.78 is 5.20. The van der Waals surface area contributed by atoms with E-state index in [1.54, 1.807) is 18.2 Å². The van der Waals surface area contributed by atoms with E-state index in [1.807, 2.05) is 6.07 Å². The van der Waals surface area contributed by atoms with Crippen LogP contribution in [0.1, 0.15) is 5.56 Å². The molecule has 0 unspecified atom stereocenters. The van der Waals surface area contributed by atoms with Crippen LogP contribution in [-0.2, 0) is 4.74 Å². The molecule has 0 heterocycles. The summed E-state index contributed by atoms with van der Waals surface area (Å²) in [5.41, 5.74) is 0.812. The fourth-order valence-electron chi connectivity index (χ4n) is 0.878. The zero-order chi connectivity index (χ0) is 10.6. The minimum Gasteiger partial charge on any atom is -0.453 e. The molecule has 0 radical (unpaired) electrons. The Morgan fingerprint density at radius 3 is 2.93 bits per heavy atom. The lowest BCUT2D eigenvalue weighted by atomic mass is 10.2. The normalized spacial score (nSPS) is 8.93. The van der Waals surface area contributed by atoms with E-state index >= 15 is 0 Å². The Morgan fingerprint density at radius 2 is 2.36 bits per heavy atom. The van der Waals surface area contributed by atoms with Crippen molar-refractivity contribution in [3.8, 4) is 6.07 Å². The number of carbonyl (C=O) groups is 1. The van der Waals surface area contributed by atoms with Gasteiger partial charge < -0.3 is 4.74 Å². The maximum Gasteiger partial charge on any atom is 0.411 e. The van der Waals surface area contributed by atoms with Gasteiger partial charge in [0.25, 0.3) is 0 Å². The molecule has 0 aliphatic carbocycles. The largest absolute Gasteiger partial charge is 0.453 e. The lowest BCUT2D eigenvalue weighted by Crippen LogP contribution is -2.11. The second-order valence-corrected chi connectivity index (χ2v) is 3.33. The van der Waals surface area contributed by atoms with Gasteiger partial charge in [0.2, 0.25) is 0 Å². The standard InChI is InChI=1S/C9H7BrN2O2/c1-14-9(13)12-8-4-7(10)3-2-6(8)5-11/h2-4H,1H3,(H,12,13). The smallest absolute Gasteiger partial charge is 0.411 e. The number of hydrogen-bond acceptors (Lipinski definition) is 3. The highest BCUT2D eigenvalue weighted by atomic mass is 79.9. The van der Waals surface area contributed by atoms with Gasteiger partial charge in [0.1, 0.15) is 6.07 Å². The number of nitrogens with zero attached hydrogens (tertiary/aromatic N) is 1. The molecular formula is C9H7BrN2O2. The third kappa shape index (κ3) is 2.47. The highest BCUT2D eigenvalue weighted by molar-refractivity contribution is 9.10. The first-order valence-electron chi connectivity index (χ1n) is 3.72. The maximum absolute atomic E-state index is 10.9. The van der Waals surface area contributed by atoms with Crippen LogP contribution in [0.5, 0.6) is 0 Å². The lowest BCUT2D eigenvalue weighted by Gasteiger charge is -2.05. The molecule has 14 heavy (non-hydrogen) atoms. The number of hydrogen-bond donors (Lipinski definition) is 1. The van der Waals surface area contributed by atoms with Crippen LogP contribution in [0.25, 0.3) is 0 Å². The Hall–Kier alpha value is -1.54. The first-order chi connectivity index (χ1) is 6.67. The number of anilines is 1. The van der Waals surface area contributed by atoms with E-state index in [2.05, 4.69) is 26.0 Å². The summed E-state index contributed by atoms with van der Waals surface area (Å²) in [5.74, 6) is 0. The minimum atomic E-state index is -0.598. The van der Waals surface area contributed by atoms with Crippen LogP contribution >= 0.6 is 15.9 Å². The molecule has 1 rings (SSSR count). The number of rotatable bonds is 1. The number of halogens is 1. The molecule has 0 bridgehead atoms. The highest BCUT2D eigenvalue weighted by Crippen LogP contribution is 2.20. The van der Waals surface area contributed by atoms with Gasteiger partial charge in [-0.3, -0.25) is 5.32 Å². The van der Waals surface area contributed by atoms with Crippen molar-refractivity contribution in [2.24, 2.45) is 0 Å². The van der Waals surface area contributed by atoms with Crippen LogP contribution in [-0.4, -0.2) is 13.2 Å². The third-order valence-corrected chi connectivity index (χ3v) is 2.02. The van der Waals surface area contributed by atoms with Crippen molar-refractivity contribution < 1.29 is 9.53 Å². The Morgan fingerprint density at radius 1 is 1.64 bits per heavy atom. The Kier molecular flexibility index (Phi) is 3.48. The lowest BCUT2D eigenvalue weighted by molar-refractivity contribution is 0.187. The van der Waals surface area contributed by atoms with E-state index in [0.717, 1.165) is 4.47 Å².